The lowest BCUT2D eigenvalue weighted by atomic mass is 9.98. The van der Waals surface area contributed by atoms with Crippen LogP contribution < -0.4 is 5.32 Å². The van der Waals surface area contributed by atoms with Crippen LogP contribution in [0.1, 0.15) is 44.2 Å². The van der Waals surface area contributed by atoms with Gasteiger partial charge in [0.15, 0.2) is 0 Å². The van der Waals surface area contributed by atoms with E-state index in [-0.39, 0.29) is 24.8 Å². The monoisotopic (exact) mass is 364 g/mol. The van der Waals surface area contributed by atoms with E-state index < -0.39 is 0 Å². The summed E-state index contributed by atoms with van der Waals surface area (Å²) in [5.41, 5.74) is 1.50. The van der Waals surface area contributed by atoms with Crippen LogP contribution in [0, 0.1) is 0 Å². The van der Waals surface area contributed by atoms with Crippen molar-refractivity contribution in [3.05, 3.63) is 29.8 Å². The summed E-state index contributed by atoms with van der Waals surface area (Å²) in [6, 6.07) is 9.83. The molecule has 1 fully saturated rings. The van der Waals surface area contributed by atoms with Crippen LogP contribution in [0.25, 0.3) is 0 Å². The third-order valence-corrected chi connectivity index (χ3v) is 4.92. The highest BCUT2D eigenvalue weighted by atomic mass is 35.5. The van der Waals surface area contributed by atoms with E-state index in [0.717, 1.165) is 13.1 Å². The van der Waals surface area contributed by atoms with Gasteiger partial charge in [0.25, 0.3) is 0 Å². The summed E-state index contributed by atoms with van der Waals surface area (Å²) in [7, 11) is 0. The third kappa shape index (κ3) is 6.67. The zero-order valence-electron chi connectivity index (χ0n) is 13.7. The molecule has 0 saturated carbocycles. The fraction of sp³-hybridized carbons (Fsp3) is 0.647. The van der Waals surface area contributed by atoms with Crippen molar-refractivity contribution in [1.29, 1.82) is 0 Å². The molecule has 0 bridgehead atoms. The first-order valence-corrected chi connectivity index (χ1v) is 9.16. The van der Waals surface area contributed by atoms with E-state index in [9.17, 15) is 0 Å². The van der Waals surface area contributed by atoms with Crippen LogP contribution >= 0.6 is 36.6 Å². The SMILES string of the molecule is CCCCC[C@H](c1ccc(SC)cc1)N1CCNCC1.Cl.Cl. The molecule has 2 rings (SSSR count). The molecule has 2 nitrogen and oxygen atoms in total. The van der Waals surface area contributed by atoms with Crippen molar-refractivity contribution in [2.24, 2.45) is 0 Å². The predicted octanol–water partition coefficient (Wildman–Crippen LogP) is 4.78. The number of piperazine rings is 1. The number of hydrogen-bond acceptors (Lipinski definition) is 3. The van der Waals surface area contributed by atoms with Crippen molar-refractivity contribution in [3.63, 3.8) is 0 Å². The highest BCUT2D eigenvalue weighted by Crippen LogP contribution is 2.28. The Balaban J connectivity index is 0.00000220. The zero-order valence-corrected chi connectivity index (χ0v) is 16.2. The molecule has 0 aromatic heterocycles. The number of rotatable bonds is 7. The Morgan fingerprint density at radius 3 is 2.27 bits per heavy atom. The van der Waals surface area contributed by atoms with E-state index in [1.807, 2.05) is 11.8 Å². The van der Waals surface area contributed by atoms with E-state index in [2.05, 4.69) is 47.7 Å². The van der Waals surface area contributed by atoms with Gasteiger partial charge in [-0.3, -0.25) is 4.90 Å². The molecule has 1 saturated heterocycles. The average molecular weight is 365 g/mol. The molecule has 1 aromatic carbocycles. The van der Waals surface area contributed by atoms with E-state index in [1.165, 1.54) is 49.2 Å². The van der Waals surface area contributed by atoms with Gasteiger partial charge in [0.2, 0.25) is 0 Å². The second-order valence-corrected chi connectivity index (χ2v) is 6.45. The first-order chi connectivity index (χ1) is 9.85. The summed E-state index contributed by atoms with van der Waals surface area (Å²) < 4.78 is 0. The number of thioether (sulfide) groups is 1. The van der Waals surface area contributed by atoms with Crippen molar-refractivity contribution >= 4 is 36.6 Å². The number of benzene rings is 1. The quantitative estimate of drug-likeness (QED) is 0.553. The van der Waals surface area contributed by atoms with E-state index in [0.29, 0.717) is 6.04 Å². The summed E-state index contributed by atoms with van der Waals surface area (Å²) in [6.45, 7) is 6.91. The van der Waals surface area contributed by atoms with Crippen molar-refractivity contribution in [2.45, 2.75) is 43.5 Å². The minimum Gasteiger partial charge on any atom is -0.314 e. The molecule has 0 spiro atoms. The van der Waals surface area contributed by atoms with Gasteiger partial charge in [0.05, 0.1) is 0 Å². The molecule has 0 unspecified atom stereocenters. The van der Waals surface area contributed by atoms with Gasteiger partial charge < -0.3 is 5.32 Å². The fourth-order valence-corrected chi connectivity index (χ4v) is 3.38. The third-order valence-electron chi connectivity index (χ3n) is 4.17. The van der Waals surface area contributed by atoms with Gasteiger partial charge in [-0.15, -0.1) is 36.6 Å². The van der Waals surface area contributed by atoms with E-state index in [1.54, 1.807) is 0 Å². The lowest BCUT2D eigenvalue weighted by molar-refractivity contribution is 0.162. The Morgan fingerprint density at radius 2 is 1.73 bits per heavy atom. The molecule has 0 radical (unpaired) electrons. The molecule has 1 aliphatic heterocycles. The standard InChI is InChI=1S/C17H28N2S.2ClH/c1-3-4-5-6-17(19-13-11-18-12-14-19)15-7-9-16(20-2)10-8-15;;/h7-10,17-18H,3-6,11-14H2,1-2H3;2*1H/t17-;;/m1../s1. The van der Waals surface area contributed by atoms with Crippen LogP contribution in [0.3, 0.4) is 0 Å². The lowest BCUT2D eigenvalue weighted by Gasteiger charge is -2.35. The lowest BCUT2D eigenvalue weighted by Crippen LogP contribution is -2.45. The number of halogens is 2. The van der Waals surface area contributed by atoms with Crippen LogP contribution in [0.2, 0.25) is 0 Å². The minimum atomic E-state index is 0. The van der Waals surface area contributed by atoms with Crippen LogP contribution in [0.15, 0.2) is 29.2 Å². The largest absolute Gasteiger partial charge is 0.314 e. The molecule has 1 aliphatic rings. The number of nitrogens with one attached hydrogen (secondary N) is 1. The van der Waals surface area contributed by atoms with Crippen molar-refractivity contribution in [3.8, 4) is 0 Å². The Labute approximate surface area is 152 Å². The number of hydrogen-bond donors (Lipinski definition) is 1. The van der Waals surface area contributed by atoms with Gasteiger partial charge in [0.1, 0.15) is 0 Å². The maximum absolute atomic E-state index is 3.46. The van der Waals surface area contributed by atoms with Crippen LogP contribution in [0.5, 0.6) is 0 Å². The summed E-state index contributed by atoms with van der Waals surface area (Å²) in [5.74, 6) is 0. The van der Waals surface area contributed by atoms with Crippen LogP contribution in [-0.2, 0) is 0 Å². The molecule has 0 amide bonds. The molecule has 1 N–H and O–H groups in total. The average Bonchev–Trinajstić information content (AvgIpc) is 2.53. The summed E-state index contributed by atoms with van der Waals surface area (Å²) in [5, 5.41) is 3.46. The van der Waals surface area contributed by atoms with E-state index in [4.69, 9.17) is 0 Å². The zero-order chi connectivity index (χ0) is 14.2. The normalized spacial score (nSPS) is 16.5. The van der Waals surface area contributed by atoms with Crippen molar-refractivity contribution in [1.82, 2.24) is 10.2 Å². The summed E-state index contributed by atoms with van der Waals surface area (Å²) in [4.78, 5) is 4.03. The second-order valence-electron chi connectivity index (χ2n) is 5.57. The predicted molar refractivity (Wildman–Crippen MR) is 104 cm³/mol. The van der Waals surface area contributed by atoms with Crippen molar-refractivity contribution < 1.29 is 0 Å². The Hall–Kier alpha value is 0.0700. The van der Waals surface area contributed by atoms with Gasteiger partial charge in [-0.2, -0.15) is 0 Å². The summed E-state index contributed by atoms with van der Waals surface area (Å²) >= 11 is 1.82. The highest BCUT2D eigenvalue weighted by molar-refractivity contribution is 7.98. The van der Waals surface area contributed by atoms with Gasteiger partial charge >= 0.3 is 0 Å². The van der Waals surface area contributed by atoms with Gasteiger partial charge in [0, 0.05) is 37.1 Å². The van der Waals surface area contributed by atoms with E-state index >= 15 is 0 Å². The Morgan fingerprint density at radius 1 is 1.09 bits per heavy atom. The van der Waals surface area contributed by atoms with Crippen LogP contribution in [0.4, 0.5) is 0 Å². The second kappa shape index (κ2) is 12.5. The molecule has 1 aromatic rings. The van der Waals surface area contributed by atoms with Crippen LogP contribution in [-0.4, -0.2) is 37.3 Å². The molecule has 0 aliphatic carbocycles. The summed E-state index contributed by atoms with van der Waals surface area (Å²) in [6.07, 6.45) is 7.44. The van der Waals surface area contributed by atoms with Crippen molar-refractivity contribution in [2.75, 3.05) is 32.4 Å². The molecule has 22 heavy (non-hydrogen) atoms. The van der Waals surface area contributed by atoms with Gasteiger partial charge in [-0.25, -0.2) is 0 Å². The first-order valence-electron chi connectivity index (χ1n) is 7.94. The number of nitrogens with zero attached hydrogens (tertiary/aromatic N) is 1. The molecular weight excluding hydrogens is 335 g/mol. The molecule has 1 heterocycles. The maximum Gasteiger partial charge on any atom is 0.0349 e. The molecular formula is C17H30Cl2N2S. The first kappa shape index (κ1) is 22.1. The minimum absolute atomic E-state index is 0. The Bertz CT molecular complexity index is 381. The molecule has 5 heteroatoms. The highest BCUT2D eigenvalue weighted by Gasteiger charge is 2.21. The van der Waals surface area contributed by atoms with Gasteiger partial charge in [-0.1, -0.05) is 38.3 Å². The Kier molecular flexibility index (Phi) is 12.5. The topological polar surface area (TPSA) is 15.3 Å². The van der Waals surface area contributed by atoms with Gasteiger partial charge in [-0.05, 0) is 30.4 Å². The molecule has 128 valence electrons. The number of unbranched alkanes of at least 4 members (excludes halogenated alkanes) is 2. The molecule has 1 atom stereocenters. The fourth-order valence-electron chi connectivity index (χ4n) is 2.97. The smallest absolute Gasteiger partial charge is 0.0349 e. The maximum atomic E-state index is 3.46.